The Morgan fingerprint density at radius 2 is 1.74 bits per heavy atom. The number of oxazole rings is 1. The maximum absolute atomic E-state index is 5.99. The van der Waals surface area contributed by atoms with E-state index in [2.05, 4.69) is 5.32 Å². The van der Waals surface area contributed by atoms with Crippen LogP contribution in [0.15, 0.2) is 4.42 Å². The minimum atomic E-state index is 0.556. The molecule has 102 valence electrons. The number of rotatable bonds is 2. The second-order valence-corrected chi connectivity index (χ2v) is 7.68. The monoisotopic (exact) mass is 258 g/mol. The topological polar surface area (TPSA) is 38.1 Å². The largest absolute Gasteiger partial charge is 0.444 e. The normalized spacial score (nSPS) is 42.8. The molecule has 0 atom stereocenters. The lowest BCUT2D eigenvalue weighted by molar-refractivity contribution is -0.0552. The third-order valence-corrected chi connectivity index (χ3v) is 6.09. The average molecular weight is 258 g/mol. The molecular formula is C16H22N2O. The standard InChI is InChI=1S/C16H22N2O/c1-10-2-12-3-11(1)5-16(4-10,6-12)7-15-18-13-8-17-9-14(13)19-15/h10-12,17H,1-9H2. The molecule has 2 heterocycles. The van der Waals surface area contributed by atoms with Crippen LogP contribution in [0.4, 0.5) is 0 Å². The molecule has 0 spiro atoms. The third-order valence-electron chi connectivity index (χ3n) is 6.09. The van der Waals surface area contributed by atoms with Crippen LogP contribution in [0, 0.1) is 23.2 Å². The summed E-state index contributed by atoms with van der Waals surface area (Å²) >= 11 is 0. The molecule has 19 heavy (non-hydrogen) atoms. The van der Waals surface area contributed by atoms with E-state index in [1.165, 1.54) is 44.2 Å². The Hall–Kier alpha value is -0.830. The lowest BCUT2D eigenvalue weighted by Gasteiger charge is -2.56. The first-order chi connectivity index (χ1) is 9.28. The molecule has 4 bridgehead atoms. The Kier molecular flexibility index (Phi) is 2.08. The Bertz CT molecular complexity index is 462. The molecule has 0 radical (unpaired) electrons. The summed E-state index contributed by atoms with van der Waals surface area (Å²) in [6.45, 7) is 1.78. The van der Waals surface area contributed by atoms with E-state index < -0.39 is 0 Å². The van der Waals surface area contributed by atoms with Crippen LogP contribution in [-0.2, 0) is 19.5 Å². The number of hydrogen-bond acceptors (Lipinski definition) is 3. The molecule has 1 aliphatic heterocycles. The number of nitrogens with zero attached hydrogens (tertiary/aromatic N) is 1. The van der Waals surface area contributed by atoms with Crippen molar-refractivity contribution in [2.24, 2.45) is 23.2 Å². The van der Waals surface area contributed by atoms with Gasteiger partial charge in [0.1, 0.15) is 5.76 Å². The molecule has 0 unspecified atom stereocenters. The molecular weight excluding hydrogens is 236 g/mol. The van der Waals surface area contributed by atoms with Gasteiger partial charge in [0.2, 0.25) is 0 Å². The van der Waals surface area contributed by atoms with Gasteiger partial charge in [-0.25, -0.2) is 4.98 Å². The summed E-state index contributed by atoms with van der Waals surface area (Å²) < 4.78 is 5.99. The number of fused-ring (bicyclic) bond motifs is 1. The van der Waals surface area contributed by atoms with Gasteiger partial charge in [0.15, 0.2) is 5.89 Å². The summed E-state index contributed by atoms with van der Waals surface area (Å²) in [5.41, 5.74) is 1.72. The van der Waals surface area contributed by atoms with Gasteiger partial charge < -0.3 is 9.73 Å². The van der Waals surface area contributed by atoms with Crippen LogP contribution in [0.5, 0.6) is 0 Å². The molecule has 0 amide bonds. The van der Waals surface area contributed by atoms with Gasteiger partial charge in [-0.3, -0.25) is 0 Å². The Morgan fingerprint density at radius 3 is 2.37 bits per heavy atom. The highest BCUT2D eigenvalue weighted by Crippen LogP contribution is 2.61. The lowest BCUT2D eigenvalue weighted by Crippen LogP contribution is -2.47. The molecule has 1 aromatic rings. The quantitative estimate of drug-likeness (QED) is 0.886. The van der Waals surface area contributed by atoms with Crippen LogP contribution in [-0.4, -0.2) is 4.98 Å². The second-order valence-electron chi connectivity index (χ2n) is 7.68. The first-order valence-corrected chi connectivity index (χ1v) is 7.96. The third kappa shape index (κ3) is 1.63. The fourth-order valence-corrected chi connectivity index (χ4v) is 5.91. The van der Waals surface area contributed by atoms with Crippen molar-refractivity contribution in [1.29, 1.82) is 0 Å². The summed E-state index contributed by atoms with van der Waals surface area (Å²) in [5.74, 6) is 5.20. The van der Waals surface area contributed by atoms with Gasteiger partial charge in [-0.2, -0.15) is 0 Å². The molecule has 4 fully saturated rings. The molecule has 0 saturated heterocycles. The summed E-state index contributed by atoms with van der Waals surface area (Å²) in [6, 6.07) is 0. The second kappa shape index (κ2) is 3.63. The lowest BCUT2D eigenvalue weighted by atomic mass is 9.49. The van der Waals surface area contributed by atoms with E-state index >= 15 is 0 Å². The van der Waals surface area contributed by atoms with Crippen LogP contribution >= 0.6 is 0 Å². The zero-order valence-corrected chi connectivity index (χ0v) is 11.5. The van der Waals surface area contributed by atoms with Crippen LogP contribution < -0.4 is 5.32 Å². The van der Waals surface area contributed by atoms with Gasteiger partial charge in [-0.1, -0.05) is 0 Å². The smallest absolute Gasteiger partial charge is 0.195 e. The van der Waals surface area contributed by atoms with Crippen LogP contribution in [0.25, 0.3) is 0 Å². The summed E-state index contributed by atoms with van der Waals surface area (Å²) in [7, 11) is 0. The van der Waals surface area contributed by atoms with Crippen molar-refractivity contribution in [2.75, 3.05) is 0 Å². The number of hydrogen-bond donors (Lipinski definition) is 1. The summed E-state index contributed by atoms with van der Waals surface area (Å²) in [4.78, 5) is 4.74. The Morgan fingerprint density at radius 1 is 1.05 bits per heavy atom. The van der Waals surface area contributed by atoms with Crippen molar-refractivity contribution in [1.82, 2.24) is 10.3 Å². The first kappa shape index (κ1) is 10.9. The van der Waals surface area contributed by atoms with Crippen molar-refractivity contribution in [3.63, 3.8) is 0 Å². The maximum atomic E-state index is 5.99. The zero-order valence-electron chi connectivity index (χ0n) is 11.5. The van der Waals surface area contributed by atoms with Crippen molar-refractivity contribution in [2.45, 2.75) is 58.0 Å². The summed E-state index contributed by atoms with van der Waals surface area (Å²) in [6.07, 6.45) is 10.0. The van der Waals surface area contributed by atoms with Crippen LogP contribution in [0.2, 0.25) is 0 Å². The van der Waals surface area contributed by atoms with Crippen molar-refractivity contribution >= 4 is 0 Å². The average Bonchev–Trinajstić information content (AvgIpc) is 2.86. The Balaban J connectivity index is 1.43. The van der Waals surface area contributed by atoms with E-state index in [0.717, 1.165) is 48.9 Å². The molecule has 6 rings (SSSR count). The van der Waals surface area contributed by atoms with E-state index in [1.54, 1.807) is 0 Å². The summed E-state index contributed by atoms with van der Waals surface area (Å²) in [5, 5.41) is 3.30. The number of nitrogens with one attached hydrogen (secondary N) is 1. The van der Waals surface area contributed by atoms with Crippen molar-refractivity contribution in [3.8, 4) is 0 Å². The maximum Gasteiger partial charge on any atom is 0.195 e. The number of aromatic nitrogens is 1. The van der Waals surface area contributed by atoms with Crippen LogP contribution in [0.1, 0.15) is 55.9 Å². The highest BCUT2D eigenvalue weighted by molar-refractivity contribution is 5.15. The molecule has 4 saturated carbocycles. The van der Waals surface area contributed by atoms with Gasteiger partial charge in [0.25, 0.3) is 0 Å². The zero-order chi connectivity index (χ0) is 12.4. The van der Waals surface area contributed by atoms with Gasteiger partial charge in [-0.15, -0.1) is 0 Å². The van der Waals surface area contributed by atoms with E-state index in [1.807, 2.05) is 0 Å². The molecule has 5 aliphatic rings. The molecule has 0 aromatic carbocycles. The van der Waals surface area contributed by atoms with E-state index in [0.29, 0.717) is 5.41 Å². The Labute approximate surface area is 114 Å². The van der Waals surface area contributed by atoms with Crippen molar-refractivity contribution < 1.29 is 4.42 Å². The predicted octanol–water partition coefficient (Wildman–Crippen LogP) is 3.04. The van der Waals surface area contributed by atoms with E-state index in [9.17, 15) is 0 Å². The van der Waals surface area contributed by atoms with Gasteiger partial charge >= 0.3 is 0 Å². The fraction of sp³-hybridized carbons (Fsp3) is 0.812. The predicted molar refractivity (Wildman–Crippen MR) is 71.4 cm³/mol. The molecule has 1 N–H and O–H groups in total. The molecule has 3 heteroatoms. The minimum absolute atomic E-state index is 0.556. The molecule has 4 aliphatic carbocycles. The van der Waals surface area contributed by atoms with Crippen LogP contribution in [0.3, 0.4) is 0 Å². The first-order valence-electron chi connectivity index (χ1n) is 7.96. The molecule has 1 aromatic heterocycles. The highest BCUT2D eigenvalue weighted by atomic mass is 16.4. The van der Waals surface area contributed by atoms with Gasteiger partial charge in [0.05, 0.1) is 12.2 Å². The highest BCUT2D eigenvalue weighted by Gasteiger charge is 2.51. The van der Waals surface area contributed by atoms with Crippen molar-refractivity contribution in [3.05, 3.63) is 17.3 Å². The van der Waals surface area contributed by atoms with E-state index in [-0.39, 0.29) is 0 Å². The SMILES string of the molecule is C1NCc2oc(CC34CC5CC(CC(C5)C3)C4)nc21. The molecule has 3 nitrogen and oxygen atoms in total. The fourth-order valence-electron chi connectivity index (χ4n) is 5.91. The minimum Gasteiger partial charge on any atom is -0.444 e. The van der Waals surface area contributed by atoms with Gasteiger partial charge in [0, 0.05) is 13.0 Å². The van der Waals surface area contributed by atoms with E-state index in [4.69, 9.17) is 9.40 Å². The van der Waals surface area contributed by atoms with Gasteiger partial charge in [-0.05, 0) is 61.7 Å².